The summed E-state index contributed by atoms with van der Waals surface area (Å²) in [6.45, 7) is 14.8. The van der Waals surface area contributed by atoms with Gasteiger partial charge in [-0.05, 0) is 27.7 Å². The number of nitrogens with zero attached hydrogens (tertiary/aromatic N) is 12. The monoisotopic (exact) mass is 1330 g/mol. The summed E-state index contributed by atoms with van der Waals surface area (Å²) in [5.74, 6) is 7.30. The summed E-state index contributed by atoms with van der Waals surface area (Å²) in [7, 11) is -5.92. The molecule has 0 unspecified atom stereocenters. The fraction of sp³-hybridized carbons (Fsp3) is 0.510. The van der Waals surface area contributed by atoms with E-state index in [1.807, 2.05) is 18.4 Å². The maximum atomic E-state index is 11.8. The molecule has 12 atom stereocenters. The molecule has 33 nitrogen and oxygen atoms in total. The number of terminal acetylenes is 3. The molecule has 0 aromatic carbocycles. The van der Waals surface area contributed by atoms with Gasteiger partial charge in [-0.3, -0.25) is 13.7 Å². The first-order valence-corrected chi connectivity index (χ1v) is 32.8. The standard InChI is InChI=1S/C18H22N6O5S.C16H20N6O3.C15H18N6O5S.C2H4Cl2O2S/c1-5-7-19-15-12-16(21-9-20-15)24(10-22-12)17-14-13(28-18(3,4)29-14)11(27-17)8-23-30(25,26)6-2;1-4-5-18-13-10-14(20-7-19-13)22(8-21-10)15-12-11(9(6-17)23-15)24-16(2,3)25-12;1-3-5-16-13-10-14(18-7-17-13)21(8-19-10)15-12(23)11(22)9(26-15)6-20-27(24,25)4-2;3-1-2-7(4,5)6/h1,6,9-11,13-14,17,23H,2,7-8H2,3-4H3,(H,19,20,21);1,7-9,11-12,15H,5-6,17H2,2-3H3,(H,18,19,20);1,4,7-9,11-12,15,20,22-23H,2,5-6H2,(H,16,17,18);1-2H2/t11-,13-,14-,17-;2*9-,11-,12-,15-;/m111./s1. The first-order valence-electron chi connectivity index (χ1n) is 26.7. The maximum Gasteiger partial charge on any atom is 0.233 e. The molecule has 0 bridgehead atoms. The summed E-state index contributed by atoms with van der Waals surface area (Å²) < 4.78 is 118. The second-order valence-corrected chi connectivity index (χ2v) is 27.1. The lowest BCUT2D eigenvalue weighted by molar-refractivity contribution is -0.195. The van der Waals surface area contributed by atoms with Gasteiger partial charge in [0.2, 0.25) is 29.1 Å². The largest absolute Gasteiger partial charge is 0.387 e. The van der Waals surface area contributed by atoms with Crippen LogP contribution in [0.2, 0.25) is 0 Å². The molecule has 6 aromatic rings. The van der Waals surface area contributed by atoms with E-state index in [2.05, 4.69) is 101 Å². The van der Waals surface area contributed by atoms with Gasteiger partial charge >= 0.3 is 0 Å². The number of aliphatic hydroxyl groups excluding tert-OH is 2. The van der Waals surface area contributed by atoms with E-state index < -0.39 is 96.0 Å². The first kappa shape index (κ1) is 68.1. The minimum atomic E-state index is -3.69. The molecular weight excluding hydrogens is 1270 g/mol. The molecule has 0 amide bonds. The predicted octanol–water partition coefficient (Wildman–Crippen LogP) is -0.0533. The second kappa shape index (κ2) is 28.5. The summed E-state index contributed by atoms with van der Waals surface area (Å²) in [6.07, 6.45) is 16.6. The van der Waals surface area contributed by atoms with Gasteiger partial charge in [-0.1, -0.05) is 30.9 Å². The van der Waals surface area contributed by atoms with Gasteiger partial charge in [-0.25, -0.2) is 79.6 Å². The van der Waals surface area contributed by atoms with Crippen molar-refractivity contribution in [3.05, 3.63) is 61.9 Å². The van der Waals surface area contributed by atoms with Crippen LogP contribution < -0.4 is 31.1 Å². The number of nitrogens with one attached hydrogen (secondary N) is 5. The van der Waals surface area contributed by atoms with Crippen LogP contribution in [-0.2, 0) is 62.3 Å². The number of nitrogens with two attached hydrogens (primary N) is 1. The second-order valence-electron chi connectivity index (χ2n) is 20.4. The lowest BCUT2D eigenvalue weighted by Crippen LogP contribution is -2.39. The third-order valence-corrected chi connectivity index (χ3v) is 17.1. The summed E-state index contributed by atoms with van der Waals surface area (Å²) in [6, 6.07) is 0. The van der Waals surface area contributed by atoms with Gasteiger partial charge in [0.25, 0.3) is 0 Å². The number of imidazole rings is 3. The van der Waals surface area contributed by atoms with Gasteiger partial charge in [-0.2, -0.15) is 0 Å². The van der Waals surface area contributed by atoms with E-state index in [1.165, 1.54) is 29.9 Å². The third-order valence-electron chi connectivity index (χ3n) is 13.5. The van der Waals surface area contributed by atoms with Crippen LogP contribution in [0.5, 0.6) is 0 Å². The number of rotatable bonds is 20. The molecule has 5 fully saturated rings. The van der Waals surface area contributed by atoms with Crippen LogP contribution in [-0.4, -0.2) is 211 Å². The molecule has 0 aliphatic carbocycles. The number of hydrogen-bond donors (Lipinski definition) is 8. The van der Waals surface area contributed by atoms with E-state index in [4.69, 9.17) is 80.4 Å². The summed E-state index contributed by atoms with van der Waals surface area (Å²) in [5.41, 5.74) is 8.91. The van der Waals surface area contributed by atoms with Crippen LogP contribution >= 0.6 is 22.3 Å². The Labute approximate surface area is 520 Å². The molecule has 5 aliphatic heterocycles. The molecule has 480 valence electrons. The summed E-state index contributed by atoms with van der Waals surface area (Å²) in [5, 5.41) is 31.1. The van der Waals surface area contributed by atoms with Crippen molar-refractivity contribution in [2.24, 2.45) is 5.73 Å². The SMILES string of the molecule is C#CCNc1ncnc2c1ncn2[C@@H]1O[C@H](CN)[C@H]2OC(C)(C)O[C@H]21.C#CCNc1ncnc2c1ncn2[C@@H]1O[C@H](CNS(=O)(=O)C=C)[C@@H](O)[C@H]1O.C#CCNc1ncnc2c1ncn2[C@@H]1O[C@H](CNS(=O)(=O)C=C)[C@H]2OC(C)(C)O[C@H]21.O=S(=O)(Cl)CCCl. The van der Waals surface area contributed by atoms with Gasteiger partial charge in [0.1, 0.15) is 73.9 Å². The molecule has 11 heterocycles. The number of anilines is 3. The van der Waals surface area contributed by atoms with Crippen molar-refractivity contribution >= 4 is 102 Å². The van der Waals surface area contributed by atoms with Gasteiger partial charge < -0.3 is 65.1 Å². The maximum absolute atomic E-state index is 11.8. The molecule has 5 aliphatic rings. The van der Waals surface area contributed by atoms with Crippen LogP contribution in [0.25, 0.3) is 33.5 Å². The Kier molecular flexibility index (Phi) is 21.8. The number of sulfonamides is 2. The molecular formula is C51H64Cl2N18O15S3. The average Bonchev–Trinajstić information content (AvgIpc) is 1.62. The van der Waals surface area contributed by atoms with E-state index in [0.29, 0.717) is 70.6 Å². The highest BCUT2D eigenvalue weighted by Gasteiger charge is 2.57. The Hall–Kier alpha value is -6.84. The van der Waals surface area contributed by atoms with Gasteiger partial charge in [-0.15, -0.1) is 30.9 Å². The highest BCUT2D eigenvalue weighted by Crippen LogP contribution is 2.45. The van der Waals surface area contributed by atoms with Crippen LogP contribution in [0.15, 0.2) is 61.9 Å². The number of alkyl halides is 1. The van der Waals surface area contributed by atoms with Crippen molar-refractivity contribution in [3.63, 3.8) is 0 Å². The molecule has 6 aromatic heterocycles. The molecule has 0 saturated carbocycles. The number of hydrogen-bond acceptors (Lipinski definition) is 28. The summed E-state index contributed by atoms with van der Waals surface area (Å²) >= 11 is 5.02. The zero-order valence-electron chi connectivity index (χ0n) is 48.0. The Balaban J connectivity index is 0.000000164. The Morgan fingerprint density at radius 3 is 1.30 bits per heavy atom. The third kappa shape index (κ3) is 16.0. The number of fused-ring (bicyclic) bond motifs is 5. The van der Waals surface area contributed by atoms with E-state index >= 15 is 0 Å². The molecule has 89 heavy (non-hydrogen) atoms. The Bertz CT molecular complexity index is 3990. The molecule has 0 spiro atoms. The number of aromatic nitrogens is 12. The zero-order valence-corrected chi connectivity index (χ0v) is 51.9. The van der Waals surface area contributed by atoms with Crippen LogP contribution in [0.1, 0.15) is 46.4 Å². The van der Waals surface area contributed by atoms with Crippen molar-refractivity contribution in [1.29, 1.82) is 0 Å². The fourth-order valence-electron chi connectivity index (χ4n) is 9.76. The van der Waals surface area contributed by atoms with Gasteiger partial charge in [0, 0.05) is 47.0 Å². The fourth-order valence-corrected chi connectivity index (χ4v) is 12.1. The first-order chi connectivity index (χ1) is 42.2. The number of halogens is 2. The lowest BCUT2D eigenvalue weighted by Gasteiger charge is -2.24. The average molecular weight is 1340 g/mol. The van der Waals surface area contributed by atoms with Gasteiger partial charge in [0.15, 0.2) is 81.2 Å². The molecule has 38 heteroatoms. The Morgan fingerprint density at radius 2 is 0.944 bits per heavy atom. The molecule has 5 saturated heterocycles. The van der Waals surface area contributed by atoms with Crippen molar-refractivity contribution in [1.82, 2.24) is 68.0 Å². The number of ether oxygens (including phenoxy) is 7. The minimum Gasteiger partial charge on any atom is -0.387 e. The smallest absolute Gasteiger partial charge is 0.233 e. The minimum absolute atomic E-state index is 0.00203. The molecule has 9 N–H and O–H groups in total. The van der Waals surface area contributed by atoms with Crippen LogP contribution in [0, 0.1) is 37.0 Å². The van der Waals surface area contributed by atoms with Gasteiger partial charge in [0.05, 0.1) is 44.4 Å². The predicted molar refractivity (Wildman–Crippen MR) is 323 cm³/mol. The highest BCUT2D eigenvalue weighted by molar-refractivity contribution is 8.13. The highest BCUT2D eigenvalue weighted by atomic mass is 35.7. The quantitative estimate of drug-likeness (QED) is 0.0282. The Morgan fingerprint density at radius 1 is 0.584 bits per heavy atom. The zero-order chi connectivity index (χ0) is 64.6. The van der Waals surface area contributed by atoms with E-state index in [1.54, 1.807) is 31.1 Å². The van der Waals surface area contributed by atoms with E-state index in [0.717, 1.165) is 10.8 Å². The van der Waals surface area contributed by atoms with Crippen molar-refractivity contribution in [2.75, 3.05) is 66.9 Å². The van der Waals surface area contributed by atoms with Crippen molar-refractivity contribution in [2.45, 2.75) is 113 Å². The molecule has 11 rings (SSSR count). The summed E-state index contributed by atoms with van der Waals surface area (Å²) in [4.78, 5) is 38.3. The lowest BCUT2D eigenvalue weighted by atomic mass is 10.1. The van der Waals surface area contributed by atoms with E-state index in [9.17, 15) is 35.5 Å². The van der Waals surface area contributed by atoms with Crippen molar-refractivity contribution < 1.29 is 68.6 Å². The normalized spacial score (nSPS) is 26.4. The topological polar surface area (TPSA) is 424 Å². The van der Waals surface area contributed by atoms with E-state index in [-0.39, 0.29) is 49.6 Å². The van der Waals surface area contributed by atoms with Crippen LogP contribution in [0.3, 0.4) is 0 Å². The van der Waals surface area contributed by atoms with Crippen LogP contribution in [0.4, 0.5) is 17.5 Å². The van der Waals surface area contributed by atoms with Crippen molar-refractivity contribution in [3.8, 4) is 37.0 Å². The number of aliphatic hydroxyl groups is 2. The molecule has 0 radical (unpaired) electrons.